The average Bonchev–Trinajstić information content (AvgIpc) is 1.87. The van der Waals surface area contributed by atoms with E-state index in [0.29, 0.717) is 6.42 Å². The smallest absolute Gasteiger partial charge is 0.330 e. The molecule has 2 N–H and O–H groups in total. The number of nitrogens with two attached hydrogens (primary N) is 1. The largest absolute Gasteiger partial charge is 0.394 e. The highest BCUT2D eigenvalue weighted by atomic mass is 16.6. The number of esters is 1. The van der Waals surface area contributed by atoms with Gasteiger partial charge in [-0.2, -0.15) is 0 Å². The van der Waals surface area contributed by atoms with Crippen molar-refractivity contribution in [3.05, 3.63) is 0 Å². The Bertz CT molecular complexity index is 113. The van der Waals surface area contributed by atoms with Crippen molar-refractivity contribution in [1.82, 2.24) is 0 Å². The molecule has 9 heavy (non-hydrogen) atoms. The first kappa shape index (κ1) is 8.10. The van der Waals surface area contributed by atoms with E-state index >= 15 is 0 Å². The minimum Gasteiger partial charge on any atom is -0.394 e. The summed E-state index contributed by atoms with van der Waals surface area (Å²) in [6.45, 7) is 1.81. The molecule has 0 fully saturated rings. The molecule has 1 unspecified atom stereocenters. The SMILES string of the molecule is CCC(N)C(=O)OC=O. The van der Waals surface area contributed by atoms with Crippen LogP contribution in [0.1, 0.15) is 13.3 Å². The van der Waals surface area contributed by atoms with Gasteiger partial charge in [-0.25, -0.2) is 4.79 Å². The molecule has 1 atom stereocenters. The van der Waals surface area contributed by atoms with Crippen molar-refractivity contribution in [2.75, 3.05) is 0 Å². The molecule has 0 aliphatic rings. The summed E-state index contributed by atoms with van der Waals surface area (Å²) in [5.74, 6) is -0.674. The third-order valence-corrected chi connectivity index (χ3v) is 0.907. The van der Waals surface area contributed by atoms with Crippen molar-refractivity contribution in [3.8, 4) is 0 Å². The second kappa shape index (κ2) is 4.03. The predicted molar refractivity (Wildman–Crippen MR) is 30.4 cm³/mol. The highest BCUT2D eigenvalue weighted by Crippen LogP contribution is 1.87. The number of carbonyl (C=O) groups is 2. The quantitative estimate of drug-likeness (QED) is 0.316. The van der Waals surface area contributed by atoms with Gasteiger partial charge in [0.05, 0.1) is 0 Å². The van der Waals surface area contributed by atoms with E-state index in [0.717, 1.165) is 0 Å². The van der Waals surface area contributed by atoms with Crippen molar-refractivity contribution in [1.29, 1.82) is 0 Å². The van der Waals surface area contributed by atoms with Gasteiger partial charge in [-0.05, 0) is 6.42 Å². The van der Waals surface area contributed by atoms with E-state index in [2.05, 4.69) is 4.74 Å². The number of carbonyl (C=O) groups excluding carboxylic acids is 2. The van der Waals surface area contributed by atoms with E-state index in [1.807, 2.05) is 0 Å². The van der Waals surface area contributed by atoms with Gasteiger partial charge in [-0.3, -0.25) is 4.79 Å². The van der Waals surface area contributed by atoms with Gasteiger partial charge in [0, 0.05) is 0 Å². The van der Waals surface area contributed by atoms with Gasteiger partial charge in [0.25, 0.3) is 0 Å². The average molecular weight is 131 g/mol. The molecule has 0 saturated carbocycles. The molecule has 0 aliphatic heterocycles. The summed E-state index contributed by atoms with van der Waals surface area (Å²) in [5, 5.41) is 0. The molecule has 0 aromatic carbocycles. The van der Waals surface area contributed by atoms with Gasteiger partial charge in [-0.15, -0.1) is 0 Å². The minimum atomic E-state index is -0.674. The molecule has 0 spiro atoms. The third kappa shape index (κ3) is 2.81. The lowest BCUT2D eigenvalue weighted by Gasteiger charge is -2.01. The van der Waals surface area contributed by atoms with E-state index in [1.165, 1.54) is 0 Å². The Kier molecular flexibility index (Phi) is 3.62. The van der Waals surface area contributed by atoms with Crippen LogP contribution >= 0.6 is 0 Å². The van der Waals surface area contributed by atoms with Crippen molar-refractivity contribution in [3.63, 3.8) is 0 Å². The van der Waals surface area contributed by atoms with Crippen LogP contribution in [0.25, 0.3) is 0 Å². The monoisotopic (exact) mass is 131 g/mol. The molecule has 0 bridgehead atoms. The Labute approximate surface area is 53.0 Å². The van der Waals surface area contributed by atoms with Crippen LogP contribution < -0.4 is 5.73 Å². The third-order valence-electron chi connectivity index (χ3n) is 0.907. The van der Waals surface area contributed by atoms with Gasteiger partial charge >= 0.3 is 12.4 Å². The van der Waals surface area contributed by atoms with E-state index in [1.54, 1.807) is 6.92 Å². The first-order valence-electron chi connectivity index (χ1n) is 2.62. The van der Waals surface area contributed by atoms with Crippen molar-refractivity contribution >= 4 is 12.4 Å². The fourth-order valence-corrected chi connectivity index (χ4v) is 0.301. The standard InChI is InChI=1S/C5H9NO3/c1-2-4(6)5(8)9-3-7/h3-4H,2,6H2,1H3. The molecule has 0 radical (unpaired) electrons. The molecule has 0 amide bonds. The number of hydrogen-bond acceptors (Lipinski definition) is 4. The highest BCUT2D eigenvalue weighted by Gasteiger charge is 2.10. The zero-order valence-corrected chi connectivity index (χ0v) is 5.16. The van der Waals surface area contributed by atoms with Crippen LogP contribution in [0.15, 0.2) is 0 Å². The molecule has 0 aliphatic carbocycles. The van der Waals surface area contributed by atoms with Crippen LogP contribution in [0.4, 0.5) is 0 Å². The van der Waals surface area contributed by atoms with E-state index in [9.17, 15) is 9.59 Å². The Morgan fingerprint density at radius 1 is 1.89 bits per heavy atom. The topological polar surface area (TPSA) is 69.4 Å². The normalized spacial score (nSPS) is 12.2. The summed E-state index contributed by atoms with van der Waals surface area (Å²) in [6.07, 6.45) is 0.479. The molecule has 52 valence electrons. The molecule has 0 aromatic heterocycles. The summed E-state index contributed by atoms with van der Waals surface area (Å²) in [4.78, 5) is 19.9. The first-order chi connectivity index (χ1) is 4.22. The zero-order valence-electron chi connectivity index (χ0n) is 5.16. The van der Waals surface area contributed by atoms with Gasteiger partial charge in [0.1, 0.15) is 6.04 Å². The molecule has 0 saturated heterocycles. The molecule has 4 heteroatoms. The molecule has 4 nitrogen and oxygen atoms in total. The number of hydrogen-bond donors (Lipinski definition) is 1. The van der Waals surface area contributed by atoms with E-state index in [-0.39, 0.29) is 6.47 Å². The lowest BCUT2D eigenvalue weighted by molar-refractivity contribution is -0.152. The number of ether oxygens (including phenoxy) is 1. The predicted octanol–water partition coefficient (Wildman–Crippen LogP) is -0.577. The molecular formula is C5H9NO3. The minimum absolute atomic E-state index is 0.0812. The number of rotatable bonds is 3. The summed E-state index contributed by atoms with van der Waals surface area (Å²) in [7, 11) is 0. The maximum absolute atomic E-state index is 10.4. The Hall–Kier alpha value is -0.900. The molecule has 0 rings (SSSR count). The van der Waals surface area contributed by atoms with Crippen LogP contribution in [-0.4, -0.2) is 18.5 Å². The maximum atomic E-state index is 10.4. The van der Waals surface area contributed by atoms with Gasteiger partial charge < -0.3 is 10.5 Å². The summed E-state index contributed by atoms with van der Waals surface area (Å²) >= 11 is 0. The Morgan fingerprint density at radius 2 is 2.44 bits per heavy atom. The van der Waals surface area contributed by atoms with Crippen LogP contribution in [0.2, 0.25) is 0 Å². The lowest BCUT2D eigenvalue weighted by atomic mass is 10.2. The molecule has 0 heterocycles. The first-order valence-corrected chi connectivity index (χ1v) is 2.62. The van der Waals surface area contributed by atoms with Crippen LogP contribution in [0.3, 0.4) is 0 Å². The van der Waals surface area contributed by atoms with Crippen LogP contribution in [0, 0.1) is 0 Å². The zero-order chi connectivity index (χ0) is 7.28. The second-order valence-electron chi connectivity index (χ2n) is 1.55. The van der Waals surface area contributed by atoms with E-state index in [4.69, 9.17) is 5.73 Å². The summed E-state index contributed by atoms with van der Waals surface area (Å²) in [6, 6.07) is -0.671. The van der Waals surface area contributed by atoms with Gasteiger partial charge in [0.15, 0.2) is 0 Å². The Balaban J connectivity index is 3.58. The van der Waals surface area contributed by atoms with Crippen molar-refractivity contribution < 1.29 is 14.3 Å². The second-order valence-corrected chi connectivity index (χ2v) is 1.55. The molecular weight excluding hydrogens is 122 g/mol. The van der Waals surface area contributed by atoms with E-state index < -0.39 is 12.0 Å². The van der Waals surface area contributed by atoms with Crippen LogP contribution in [0.5, 0.6) is 0 Å². The maximum Gasteiger partial charge on any atom is 0.330 e. The summed E-state index contributed by atoms with van der Waals surface area (Å²) < 4.78 is 3.95. The van der Waals surface area contributed by atoms with Crippen molar-refractivity contribution in [2.45, 2.75) is 19.4 Å². The Morgan fingerprint density at radius 3 is 2.78 bits per heavy atom. The fraction of sp³-hybridized carbons (Fsp3) is 0.600. The van der Waals surface area contributed by atoms with Gasteiger partial charge in [-0.1, -0.05) is 6.92 Å². The van der Waals surface area contributed by atoms with Gasteiger partial charge in [0.2, 0.25) is 0 Å². The lowest BCUT2D eigenvalue weighted by Crippen LogP contribution is -2.30. The fourth-order valence-electron chi connectivity index (χ4n) is 0.301. The van der Waals surface area contributed by atoms with Crippen molar-refractivity contribution in [2.24, 2.45) is 5.73 Å². The summed E-state index contributed by atoms with van der Waals surface area (Å²) in [5.41, 5.74) is 5.17. The molecule has 0 aromatic rings. The van der Waals surface area contributed by atoms with Crippen LogP contribution in [-0.2, 0) is 14.3 Å². The highest BCUT2D eigenvalue weighted by molar-refractivity contribution is 5.80.